The van der Waals surface area contributed by atoms with E-state index >= 15 is 0 Å². The minimum Gasteiger partial charge on any atom is -0.305 e. The van der Waals surface area contributed by atoms with Crippen LogP contribution in [0, 0.1) is 0 Å². The van der Waals surface area contributed by atoms with Gasteiger partial charge in [0.15, 0.2) is 0 Å². The highest BCUT2D eigenvalue weighted by Gasteiger charge is 2.14. The molecule has 2 aromatic rings. The Hall–Kier alpha value is -1.59. The monoisotopic (exact) mass is 270 g/mol. The number of hydrogen-bond donors (Lipinski definition) is 1. The maximum Gasteiger partial charge on any atom is 0.277 e. The van der Waals surface area contributed by atoms with Crippen molar-refractivity contribution < 1.29 is 4.79 Å². The summed E-state index contributed by atoms with van der Waals surface area (Å²) in [5.41, 5.74) is 0.0837. The predicted octanol–water partition coefficient (Wildman–Crippen LogP) is 2.37. The van der Waals surface area contributed by atoms with Crippen molar-refractivity contribution in [2.24, 2.45) is 7.05 Å². The molecule has 0 atom stereocenters. The van der Waals surface area contributed by atoms with E-state index < -0.39 is 5.91 Å². The lowest BCUT2D eigenvalue weighted by atomic mass is 10.3. The van der Waals surface area contributed by atoms with Crippen LogP contribution in [0.25, 0.3) is 0 Å². The zero-order chi connectivity index (χ0) is 12.4. The zero-order valence-electron chi connectivity index (χ0n) is 8.82. The molecule has 0 fully saturated rings. The van der Waals surface area contributed by atoms with E-state index in [1.165, 1.54) is 16.8 Å². The van der Waals surface area contributed by atoms with Crippen molar-refractivity contribution in [3.63, 3.8) is 0 Å². The maximum atomic E-state index is 11.9. The average Bonchev–Trinajstić information content (AvgIpc) is 2.68. The van der Waals surface area contributed by atoms with Gasteiger partial charge in [-0.05, 0) is 12.1 Å². The Bertz CT molecular complexity index is 567. The number of carbonyl (C=O) groups excluding carboxylic acids is 1. The number of amides is 1. The van der Waals surface area contributed by atoms with Crippen molar-refractivity contribution in [3.8, 4) is 0 Å². The Labute approximate surface area is 107 Å². The summed E-state index contributed by atoms with van der Waals surface area (Å²) in [7, 11) is 1.71. The van der Waals surface area contributed by atoms with E-state index in [0.29, 0.717) is 5.82 Å². The first-order valence-electron chi connectivity index (χ1n) is 4.69. The first-order chi connectivity index (χ1) is 8.08. The van der Waals surface area contributed by atoms with Gasteiger partial charge in [0.2, 0.25) is 0 Å². The third-order valence-corrected chi connectivity index (χ3v) is 2.61. The van der Waals surface area contributed by atoms with Gasteiger partial charge in [-0.3, -0.25) is 9.48 Å². The standard InChI is InChI=1S/C10H8Cl2N4O/c1-16-8(4-5-13-16)15-10(17)9-6(11)2-3-7(12)14-9/h2-5H,1H3,(H,15,17). The number of carbonyl (C=O) groups is 1. The number of anilines is 1. The molecule has 1 amide bonds. The van der Waals surface area contributed by atoms with Crippen LogP contribution < -0.4 is 5.32 Å². The van der Waals surface area contributed by atoms with Gasteiger partial charge < -0.3 is 5.32 Å². The van der Waals surface area contributed by atoms with Crippen molar-refractivity contribution in [2.75, 3.05) is 5.32 Å². The summed E-state index contributed by atoms with van der Waals surface area (Å²) < 4.78 is 1.52. The molecule has 0 radical (unpaired) electrons. The first kappa shape index (κ1) is 11.9. The molecule has 2 rings (SSSR count). The molecular formula is C10H8Cl2N4O. The van der Waals surface area contributed by atoms with Gasteiger partial charge in [-0.1, -0.05) is 23.2 Å². The molecule has 0 bridgehead atoms. The predicted molar refractivity (Wildman–Crippen MR) is 65.4 cm³/mol. The van der Waals surface area contributed by atoms with E-state index in [2.05, 4.69) is 15.4 Å². The van der Waals surface area contributed by atoms with Crippen molar-refractivity contribution in [1.82, 2.24) is 14.8 Å². The average molecular weight is 271 g/mol. The summed E-state index contributed by atoms with van der Waals surface area (Å²) in [5.74, 6) is 0.119. The first-order valence-corrected chi connectivity index (χ1v) is 5.45. The van der Waals surface area contributed by atoms with Crippen LogP contribution in [0.2, 0.25) is 10.2 Å². The molecule has 7 heteroatoms. The Kier molecular flexibility index (Phi) is 3.31. The molecule has 17 heavy (non-hydrogen) atoms. The number of nitrogens with zero attached hydrogens (tertiary/aromatic N) is 3. The van der Waals surface area contributed by atoms with Crippen LogP contribution in [0.5, 0.6) is 0 Å². The van der Waals surface area contributed by atoms with E-state index in [-0.39, 0.29) is 15.9 Å². The number of nitrogens with one attached hydrogen (secondary N) is 1. The third kappa shape index (κ3) is 2.57. The second kappa shape index (κ2) is 4.73. The lowest BCUT2D eigenvalue weighted by Gasteiger charge is -2.06. The summed E-state index contributed by atoms with van der Waals surface area (Å²) in [4.78, 5) is 15.8. The lowest BCUT2D eigenvalue weighted by molar-refractivity contribution is 0.102. The van der Waals surface area contributed by atoms with Crippen molar-refractivity contribution in [3.05, 3.63) is 40.3 Å². The topological polar surface area (TPSA) is 59.8 Å². The van der Waals surface area contributed by atoms with Crippen LogP contribution in [0.1, 0.15) is 10.5 Å². The zero-order valence-corrected chi connectivity index (χ0v) is 10.3. The summed E-state index contributed by atoms with van der Waals surface area (Å²) >= 11 is 11.6. The fraction of sp³-hybridized carbons (Fsp3) is 0.100. The van der Waals surface area contributed by atoms with Gasteiger partial charge in [-0.2, -0.15) is 5.10 Å². The summed E-state index contributed by atoms with van der Waals surface area (Å²) in [6.07, 6.45) is 1.57. The number of aryl methyl sites for hydroxylation is 1. The van der Waals surface area contributed by atoms with Crippen LogP contribution in [0.4, 0.5) is 5.82 Å². The second-order valence-electron chi connectivity index (χ2n) is 3.26. The highest BCUT2D eigenvalue weighted by molar-refractivity contribution is 6.35. The minimum absolute atomic E-state index is 0.0837. The molecule has 0 spiro atoms. The number of pyridine rings is 1. The third-order valence-electron chi connectivity index (χ3n) is 2.09. The Morgan fingerprint density at radius 2 is 2.12 bits per heavy atom. The fourth-order valence-electron chi connectivity index (χ4n) is 1.25. The van der Waals surface area contributed by atoms with Gasteiger partial charge in [0.25, 0.3) is 5.91 Å². The highest BCUT2D eigenvalue weighted by Crippen LogP contribution is 2.18. The van der Waals surface area contributed by atoms with E-state index in [1.54, 1.807) is 19.3 Å². The molecule has 2 aromatic heterocycles. The van der Waals surface area contributed by atoms with Crippen molar-refractivity contribution >= 4 is 34.9 Å². The Morgan fingerprint density at radius 3 is 2.76 bits per heavy atom. The van der Waals surface area contributed by atoms with Crippen molar-refractivity contribution in [1.29, 1.82) is 0 Å². The van der Waals surface area contributed by atoms with E-state index in [0.717, 1.165) is 0 Å². The molecule has 0 aliphatic heterocycles. The Morgan fingerprint density at radius 1 is 1.35 bits per heavy atom. The molecule has 0 aliphatic rings. The van der Waals surface area contributed by atoms with Crippen LogP contribution in [0.15, 0.2) is 24.4 Å². The molecule has 2 heterocycles. The number of rotatable bonds is 2. The normalized spacial score (nSPS) is 10.3. The van der Waals surface area contributed by atoms with Gasteiger partial charge in [0, 0.05) is 13.1 Å². The summed E-state index contributed by atoms with van der Waals surface area (Å²) in [5, 5.41) is 7.01. The quantitative estimate of drug-likeness (QED) is 0.853. The van der Waals surface area contributed by atoms with Crippen LogP contribution in [0.3, 0.4) is 0 Å². The van der Waals surface area contributed by atoms with Crippen LogP contribution in [-0.2, 0) is 7.05 Å². The van der Waals surface area contributed by atoms with Crippen LogP contribution in [-0.4, -0.2) is 20.7 Å². The van der Waals surface area contributed by atoms with Gasteiger partial charge in [0.1, 0.15) is 16.7 Å². The molecule has 0 unspecified atom stereocenters. The Balaban J connectivity index is 2.26. The molecular weight excluding hydrogens is 263 g/mol. The van der Waals surface area contributed by atoms with Gasteiger partial charge in [0.05, 0.1) is 11.2 Å². The molecule has 0 aliphatic carbocycles. The minimum atomic E-state index is -0.430. The molecule has 88 valence electrons. The molecule has 1 N–H and O–H groups in total. The molecule has 0 saturated heterocycles. The summed E-state index contributed by atoms with van der Waals surface area (Å²) in [6, 6.07) is 4.70. The van der Waals surface area contributed by atoms with E-state index in [9.17, 15) is 4.79 Å². The molecule has 0 saturated carbocycles. The van der Waals surface area contributed by atoms with Gasteiger partial charge >= 0.3 is 0 Å². The molecule has 0 aromatic carbocycles. The fourth-order valence-corrected chi connectivity index (χ4v) is 1.59. The smallest absolute Gasteiger partial charge is 0.277 e. The van der Waals surface area contributed by atoms with Gasteiger partial charge in [-0.15, -0.1) is 0 Å². The van der Waals surface area contributed by atoms with Gasteiger partial charge in [-0.25, -0.2) is 4.98 Å². The summed E-state index contributed by atoms with van der Waals surface area (Å²) in [6.45, 7) is 0. The largest absolute Gasteiger partial charge is 0.305 e. The highest BCUT2D eigenvalue weighted by atomic mass is 35.5. The number of halogens is 2. The number of aromatic nitrogens is 3. The lowest BCUT2D eigenvalue weighted by Crippen LogP contribution is -2.16. The maximum absolute atomic E-state index is 11.9. The van der Waals surface area contributed by atoms with E-state index in [1.807, 2.05) is 0 Å². The molecule has 5 nitrogen and oxygen atoms in total. The second-order valence-corrected chi connectivity index (χ2v) is 4.05. The SMILES string of the molecule is Cn1nccc1NC(=O)c1nc(Cl)ccc1Cl. The number of hydrogen-bond acceptors (Lipinski definition) is 3. The van der Waals surface area contributed by atoms with Crippen LogP contribution >= 0.6 is 23.2 Å². The van der Waals surface area contributed by atoms with E-state index in [4.69, 9.17) is 23.2 Å². The van der Waals surface area contributed by atoms with Crippen molar-refractivity contribution in [2.45, 2.75) is 0 Å².